The lowest BCUT2D eigenvalue weighted by Crippen LogP contribution is -2.40. The molecule has 0 fully saturated rings. The van der Waals surface area contributed by atoms with Gasteiger partial charge in [-0.25, -0.2) is 4.98 Å². The van der Waals surface area contributed by atoms with Gasteiger partial charge in [-0.1, -0.05) is 12.1 Å². The quantitative estimate of drug-likeness (QED) is 0.787. The molecule has 0 radical (unpaired) electrons. The monoisotopic (exact) mass is 349 g/mol. The highest BCUT2D eigenvalue weighted by molar-refractivity contribution is 5.94. The molecule has 134 valence electrons. The maximum Gasteiger partial charge on any atom is 0.251 e. The number of amides is 1. The van der Waals surface area contributed by atoms with Crippen LogP contribution in [-0.2, 0) is 19.5 Å². The summed E-state index contributed by atoms with van der Waals surface area (Å²) < 4.78 is 4.09. The van der Waals surface area contributed by atoms with Crippen LogP contribution >= 0.6 is 0 Å². The van der Waals surface area contributed by atoms with E-state index in [1.165, 1.54) is 0 Å². The number of aryl methyl sites for hydroxylation is 3. The highest BCUT2D eigenvalue weighted by atomic mass is 16.1. The van der Waals surface area contributed by atoms with Crippen molar-refractivity contribution in [3.63, 3.8) is 0 Å². The average Bonchev–Trinajstić information content (AvgIpc) is 3.21. The standard InChI is InChI=1S/C20H23N5O/c1-14-10-15(2)25(23-14)12-16-4-3-5-17(11-16)20(26)22-18-6-7-19-21-8-9-24(19)13-18/h3-5,8-11,18H,6-7,12-13H2,1-2H3,(H,22,26)/t18-/m0/s1. The van der Waals surface area contributed by atoms with Crippen LogP contribution in [0, 0.1) is 13.8 Å². The van der Waals surface area contributed by atoms with Gasteiger partial charge in [-0.05, 0) is 44.0 Å². The number of carbonyl (C=O) groups is 1. The van der Waals surface area contributed by atoms with Crippen LogP contribution in [-0.4, -0.2) is 31.3 Å². The second-order valence-corrected chi connectivity index (χ2v) is 6.99. The van der Waals surface area contributed by atoms with E-state index >= 15 is 0 Å². The summed E-state index contributed by atoms with van der Waals surface area (Å²) >= 11 is 0. The lowest BCUT2D eigenvalue weighted by atomic mass is 10.1. The Labute approximate surface area is 152 Å². The van der Waals surface area contributed by atoms with Gasteiger partial charge in [-0.15, -0.1) is 0 Å². The van der Waals surface area contributed by atoms with Crippen molar-refractivity contribution in [3.05, 3.63) is 71.1 Å². The summed E-state index contributed by atoms with van der Waals surface area (Å²) in [6, 6.07) is 9.99. The molecule has 0 saturated carbocycles. The zero-order valence-electron chi connectivity index (χ0n) is 15.1. The molecule has 4 rings (SSSR count). The maximum atomic E-state index is 12.7. The summed E-state index contributed by atoms with van der Waals surface area (Å²) in [6.07, 6.45) is 5.62. The van der Waals surface area contributed by atoms with E-state index in [2.05, 4.69) is 26.0 Å². The Bertz CT molecular complexity index is 939. The number of fused-ring (bicyclic) bond motifs is 1. The number of aromatic nitrogens is 4. The number of imidazole rings is 1. The minimum absolute atomic E-state index is 0.0196. The van der Waals surface area contributed by atoms with Crippen LogP contribution in [0.2, 0.25) is 0 Å². The van der Waals surface area contributed by atoms with Gasteiger partial charge in [-0.2, -0.15) is 5.10 Å². The number of rotatable bonds is 4. The largest absolute Gasteiger partial charge is 0.347 e. The first-order chi connectivity index (χ1) is 12.6. The third-order valence-corrected chi connectivity index (χ3v) is 4.90. The number of nitrogens with zero attached hydrogens (tertiary/aromatic N) is 4. The van der Waals surface area contributed by atoms with E-state index < -0.39 is 0 Å². The number of benzene rings is 1. The fraction of sp³-hybridized carbons (Fsp3) is 0.350. The fourth-order valence-electron chi connectivity index (χ4n) is 3.57. The second kappa shape index (κ2) is 6.78. The molecule has 0 spiro atoms. The second-order valence-electron chi connectivity index (χ2n) is 6.99. The van der Waals surface area contributed by atoms with Crippen molar-refractivity contribution in [2.75, 3.05) is 0 Å². The molecule has 0 bridgehead atoms. The molecule has 3 aromatic rings. The van der Waals surface area contributed by atoms with Crippen LogP contribution in [0.4, 0.5) is 0 Å². The lowest BCUT2D eigenvalue weighted by Gasteiger charge is -2.24. The smallest absolute Gasteiger partial charge is 0.251 e. The zero-order valence-corrected chi connectivity index (χ0v) is 15.1. The number of carbonyl (C=O) groups excluding carboxylic acids is 1. The molecular formula is C20H23N5O. The van der Waals surface area contributed by atoms with Crippen LogP contribution in [0.5, 0.6) is 0 Å². The van der Waals surface area contributed by atoms with Gasteiger partial charge in [0.05, 0.1) is 12.2 Å². The van der Waals surface area contributed by atoms with Gasteiger partial charge < -0.3 is 9.88 Å². The summed E-state index contributed by atoms with van der Waals surface area (Å²) in [5.41, 5.74) is 3.90. The molecule has 1 aliphatic rings. The van der Waals surface area contributed by atoms with Gasteiger partial charge in [0, 0.05) is 42.7 Å². The fourth-order valence-corrected chi connectivity index (χ4v) is 3.57. The molecule has 26 heavy (non-hydrogen) atoms. The molecule has 1 aliphatic heterocycles. The van der Waals surface area contributed by atoms with Gasteiger partial charge in [0.2, 0.25) is 0 Å². The van der Waals surface area contributed by atoms with Crippen LogP contribution in [0.3, 0.4) is 0 Å². The molecule has 0 unspecified atom stereocenters. The first-order valence-corrected chi connectivity index (χ1v) is 8.99. The van der Waals surface area contributed by atoms with Crippen molar-refractivity contribution in [1.82, 2.24) is 24.6 Å². The molecule has 3 heterocycles. The van der Waals surface area contributed by atoms with Crippen molar-refractivity contribution >= 4 is 5.91 Å². The molecule has 6 nitrogen and oxygen atoms in total. The first-order valence-electron chi connectivity index (χ1n) is 8.99. The highest BCUT2D eigenvalue weighted by Gasteiger charge is 2.21. The van der Waals surface area contributed by atoms with Crippen molar-refractivity contribution in [2.45, 2.75) is 45.8 Å². The number of hydrogen-bond acceptors (Lipinski definition) is 3. The van der Waals surface area contributed by atoms with Gasteiger partial charge >= 0.3 is 0 Å². The Balaban J connectivity index is 1.44. The van der Waals surface area contributed by atoms with Gasteiger partial charge in [0.15, 0.2) is 0 Å². The van der Waals surface area contributed by atoms with Crippen molar-refractivity contribution < 1.29 is 4.79 Å². The molecule has 2 aromatic heterocycles. The molecule has 1 atom stereocenters. The summed E-state index contributed by atoms with van der Waals surface area (Å²) in [7, 11) is 0. The summed E-state index contributed by atoms with van der Waals surface area (Å²) in [6.45, 7) is 5.49. The van der Waals surface area contributed by atoms with E-state index in [9.17, 15) is 4.79 Å². The average molecular weight is 349 g/mol. The molecule has 1 amide bonds. The molecule has 1 aromatic carbocycles. The summed E-state index contributed by atoms with van der Waals surface area (Å²) in [4.78, 5) is 17.0. The number of nitrogens with one attached hydrogen (secondary N) is 1. The molecular weight excluding hydrogens is 326 g/mol. The van der Waals surface area contributed by atoms with E-state index in [0.29, 0.717) is 12.1 Å². The molecule has 1 N–H and O–H groups in total. The van der Waals surface area contributed by atoms with Crippen LogP contribution in [0.25, 0.3) is 0 Å². The summed E-state index contributed by atoms with van der Waals surface area (Å²) in [5, 5.41) is 7.66. The third-order valence-electron chi connectivity index (χ3n) is 4.90. The van der Waals surface area contributed by atoms with Crippen LogP contribution in [0.1, 0.15) is 39.6 Å². The first kappa shape index (κ1) is 16.6. The van der Waals surface area contributed by atoms with Crippen molar-refractivity contribution in [3.8, 4) is 0 Å². The Hall–Kier alpha value is -2.89. The molecule has 0 aliphatic carbocycles. The predicted octanol–water partition coefficient (Wildman–Crippen LogP) is 2.49. The SMILES string of the molecule is Cc1cc(C)n(Cc2cccc(C(=O)N[C@H]3CCc4nccn4C3)c2)n1. The third kappa shape index (κ3) is 3.40. The molecule has 6 heteroatoms. The van der Waals surface area contributed by atoms with E-state index in [0.717, 1.165) is 42.2 Å². The van der Waals surface area contributed by atoms with Gasteiger partial charge in [-0.3, -0.25) is 9.48 Å². The lowest BCUT2D eigenvalue weighted by molar-refractivity contribution is 0.0927. The van der Waals surface area contributed by atoms with E-state index in [1.807, 2.05) is 55.2 Å². The van der Waals surface area contributed by atoms with Crippen molar-refractivity contribution in [1.29, 1.82) is 0 Å². The maximum absolute atomic E-state index is 12.7. The van der Waals surface area contributed by atoms with Crippen molar-refractivity contribution in [2.24, 2.45) is 0 Å². The van der Waals surface area contributed by atoms with Gasteiger partial charge in [0.25, 0.3) is 5.91 Å². The summed E-state index contributed by atoms with van der Waals surface area (Å²) in [5.74, 6) is 1.08. The number of hydrogen-bond donors (Lipinski definition) is 1. The zero-order chi connectivity index (χ0) is 18.1. The Morgan fingerprint density at radius 1 is 1.31 bits per heavy atom. The Morgan fingerprint density at radius 2 is 2.19 bits per heavy atom. The molecule has 0 saturated heterocycles. The minimum atomic E-state index is -0.0196. The normalized spacial score (nSPS) is 16.3. The Kier molecular flexibility index (Phi) is 4.32. The van der Waals surface area contributed by atoms with Crippen LogP contribution < -0.4 is 5.32 Å². The van der Waals surface area contributed by atoms with Gasteiger partial charge in [0.1, 0.15) is 5.82 Å². The van der Waals surface area contributed by atoms with E-state index in [4.69, 9.17) is 0 Å². The van der Waals surface area contributed by atoms with E-state index in [-0.39, 0.29) is 11.9 Å². The predicted molar refractivity (Wildman–Crippen MR) is 99.0 cm³/mol. The Morgan fingerprint density at radius 3 is 3.00 bits per heavy atom. The van der Waals surface area contributed by atoms with E-state index in [1.54, 1.807) is 0 Å². The van der Waals surface area contributed by atoms with Crippen LogP contribution in [0.15, 0.2) is 42.7 Å². The highest BCUT2D eigenvalue weighted by Crippen LogP contribution is 2.15. The topological polar surface area (TPSA) is 64.7 Å². The minimum Gasteiger partial charge on any atom is -0.347 e.